The minimum Gasteiger partial charge on any atom is -0.378 e. The van der Waals surface area contributed by atoms with E-state index >= 15 is 0 Å². The molecule has 0 N–H and O–H groups in total. The van der Waals surface area contributed by atoms with Gasteiger partial charge in [0.1, 0.15) is 4.60 Å². The average molecular weight is 362 g/mol. The van der Waals surface area contributed by atoms with Crippen LogP contribution in [0.15, 0.2) is 9.98 Å². The van der Waals surface area contributed by atoms with Gasteiger partial charge in [0.2, 0.25) is 0 Å². The number of halogens is 1. The zero-order valence-corrected chi connectivity index (χ0v) is 15.3. The smallest absolute Gasteiger partial charge is 0.117 e. The Hall–Kier alpha value is 0.0700. The molecule has 116 valence electrons. The maximum atomic E-state index is 5.85. The van der Waals surface area contributed by atoms with Crippen molar-refractivity contribution < 1.29 is 4.74 Å². The summed E-state index contributed by atoms with van der Waals surface area (Å²) < 4.78 is 6.79. The number of aromatic nitrogens is 1. The summed E-state index contributed by atoms with van der Waals surface area (Å²) >= 11 is 5.08. The summed E-state index contributed by atoms with van der Waals surface area (Å²) in [6.45, 7) is 5.30. The molecule has 0 bridgehead atoms. The molecule has 0 radical (unpaired) electrons. The minimum atomic E-state index is 0.276. The molecule has 1 aromatic heterocycles. The first-order valence-electron chi connectivity index (χ1n) is 7.94. The van der Waals surface area contributed by atoms with Gasteiger partial charge in [0.15, 0.2) is 0 Å². The number of unbranched alkanes of at least 4 members (excludes halogenated alkanes) is 7. The van der Waals surface area contributed by atoms with Crippen LogP contribution in [0.2, 0.25) is 0 Å². The summed E-state index contributed by atoms with van der Waals surface area (Å²) in [5.41, 5.74) is 0. The highest BCUT2D eigenvalue weighted by Gasteiger charge is 2.07. The number of rotatable bonds is 12. The molecule has 0 aliphatic heterocycles. The Morgan fingerprint density at radius 2 is 1.80 bits per heavy atom. The quantitative estimate of drug-likeness (QED) is 0.426. The summed E-state index contributed by atoms with van der Waals surface area (Å²) in [5, 5.41) is 3.18. The molecule has 1 heterocycles. The Kier molecular flexibility index (Phi) is 10.6. The van der Waals surface area contributed by atoms with Crippen molar-refractivity contribution in [2.24, 2.45) is 0 Å². The lowest BCUT2D eigenvalue weighted by atomic mass is 10.1. The van der Waals surface area contributed by atoms with E-state index in [9.17, 15) is 0 Å². The van der Waals surface area contributed by atoms with Crippen molar-refractivity contribution in [1.82, 2.24) is 4.98 Å². The molecular formula is C16H28BrNOS. The Bertz CT molecular complexity index is 343. The van der Waals surface area contributed by atoms with Gasteiger partial charge in [-0.1, -0.05) is 51.9 Å². The molecule has 1 atom stereocenters. The van der Waals surface area contributed by atoms with Gasteiger partial charge in [0.25, 0.3) is 0 Å². The predicted octanol–water partition coefficient (Wildman–Crippen LogP) is 5.99. The number of thiazole rings is 1. The van der Waals surface area contributed by atoms with E-state index in [0.29, 0.717) is 0 Å². The monoisotopic (exact) mass is 361 g/mol. The third-order valence-electron chi connectivity index (χ3n) is 3.39. The number of hydrogen-bond acceptors (Lipinski definition) is 3. The summed E-state index contributed by atoms with van der Waals surface area (Å²) in [4.78, 5) is 4.40. The van der Waals surface area contributed by atoms with E-state index in [1.165, 1.54) is 51.4 Å². The molecule has 0 spiro atoms. The largest absolute Gasteiger partial charge is 0.378 e. The second-order valence-corrected chi connectivity index (χ2v) is 7.18. The second-order valence-electron chi connectivity index (χ2n) is 5.42. The molecule has 20 heavy (non-hydrogen) atoms. The third-order valence-corrected chi connectivity index (χ3v) is 4.97. The Morgan fingerprint density at radius 3 is 2.40 bits per heavy atom. The summed E-state index contributed by atoms with van der Waals surface area (Å²) in [6.07, 6.45) is 12.0. The number of nitrogens with zero attached hydrogens (tertiary/aromatic N) is 1. The summed E-state index contributed by atoms with van der Waals surface area (Å²) in [6, 6.07) is 0. The third kappa shape index (κ3) is 9.09. The van der Waals surface area contributed by atoms with Crippen molar-refractivity contribution in [1.29, 1.82) is 0 Å². The fraction of sp³-hybridized carbons (Fsp3) is 0.812. The van der Waals surface area contributed by atoms with Crippen LogP contribution in [-0.4, -0.2) is 17.7 Å². The molecule has 0 aliphatic carbocycles. The predicted molar refractivity (Wildman–Crippen MR) is 91.5 cm³/mol. The molecule has 1 unspecified atom stereocenters. The molecule has 0 saturated carbocycles. The first kappa shape index (κ1) is 18.1. The van der Waals surface area contributed by atoms with Gasteiger partial charge in [-0.25, -0.2) is 4.98 Å². The Morgan fingerprint density at radius 1 is 1.15 bits per heavy atom. The lowest BCUT2D eigenvalue weighted by Crippen LogP contribution is -2.12. The highest BCUT2D eigenvalue weighted by molar-refractivity contribution is 9.10. The molecule has 1 rings (SSSR count). The van der Waals surface area contributed by atoms with Crippen LogP contribution in [0.5, 0.6) is 0 Å². The lowest BCUT2D eigenvalue weighted by Gasteiger charge is -2.11. The standard InChI is InChI=1S/C16H28BrNOS/c1-3-4-5-6-7-8-9-10-11-19-14(2)12-16-18-15(17)13-20-16/h13-14H,3-12H2,1-2H3. The normalized spacial score (nSPS) is 12.8. The van der Waals surface area contributed by atoms with Crippen molar-refractivity contribution in [3.8, 4) is 0 Å². The van der Waals surface area contributed by atoms with Crippen LogP contribution in [0.25, 0.3) is 0 Å². The van der Waals surface area contributed by atoms with E-state index in [2.05, 4.69) is 34.8 Å². The molecule has 0 aliphatic rings. The zero-order chi connectivity index (χ0) is 14.6. The fourth-order valence-corrected chi connectivity index (χ4v) is 3.59. The van der Waals surface area contributed by atoms with Crippen molar-refractivity contribution in [2.45, 2.75) is 77.7 Å². The van der Waals surface area contributed by atoms with Gasteiger partial charge in [-0.15, -0.1) is 11.3 Å². The number of hydrogen-bond donors (Lipinski definition) is 0. The molecule has 0 amide bonds. The maximum absolute atomic E-state index is 5.85. The summed E-state index contributed by atoms with van der Waals surface area (Å²) in [5.74, 6) is 0. The highest BCUT2D eigenvalue weighted by atomic mass is 79.9. The van der Waals surface area contributed by atoms with E-state index in [1.54, 1.807) is 11.3 Å². The van der Waals surface area contributed by atoms with E-state index in [1.807, 2.05) is 5.38 Å². The van der Waals surface area contributed by atoms with Crippen molar-refractivity contribution >= 4 is 27.3 Å². The topological polar surface area (TPSA) is 22.1 Å². The minimum absolute atomic E-state index is 0.276. The molecule has 0 fully saturated rings. The van der Waals surface area contributed by atoms with Crippen LogP contribution in [0.3, 0.4) is 0 Å². The number of ether oxygens (including phenoxy) is 1. The summed E-state index contributed by atoms with van der Waals surface area (Å²) in [7, 11) is 0. The molecule has 4 heteroatoms. The van der Waals surface area contributed by atoms with Gasteiger partial charge in [-0.2, -0.15) is 0 Å². The molecular weight excluding hydrogens is 334 g/mol. The lowest BCUT2D eigenvalue weighted by molar-refractivity contribution is 0.0634. The molecule has 0 saturated heterocycles. The Labute approximate surface area is 136 Å². The zero-order valence-electron chi connectivity index (χ0n) is 12.9. The van der Waals surface area contributed by atoms with Gasteiger partial charge >= 0.3 is 0 Å². The first-order chi connectivity index (χ1) is 9.72. The van der Waals surface area contributed by atoms with Gasteiger partial charge in [0, 0.05) is 18.4 Å². The first-order valence-corrected chi connectivity index (χ1v) is 9.61. The van der Waals surface area contributed by atoms with Crippen molar-refractivity contribution in [3.63, 3.8) is 0 Å². The van der Waals surface area contributed by atoms with Gasteiger partial charge in [-0.3, -0.25) is 0 Å². The fourth-order valence-electron chi connectivity index (χ4n) is 2.21. The van der Waals surface area contributed by atoms with Crippen LogP contribution in [-0.2, 0) is 11.2 Å². The van der Waals surface area contributed by atoms with E-state index < -0.39 is 0 Å². The van der Waals surface area contributed by atoms with Crippen LogP contribution >= 0.6 is 27.3 Å². The van der Waals surface area contributed by atoms with Crippen LogP contribution < -0.4 is 0 Å². The molecule has 2 nitrogen and oxygen atoms in total. The SMILES string of the molecule is CCCCCCCCCCOC(C)Cc1nc(Br)cs1. The Balaban J connectivity index is 1.90. The van der Waals surface area contributed by atoms with Crippen LogP contribution in [0, 0.1) is 0 Å². The molecule has 1 aromatic rings. The van der Waals surface area contributed by atoms with Crippen molar-refractivity contribution in [3.05, 3.63) is 15.0 Å². The van der Waals surface area contributed by atoms with Crippen LogP contribution in [0.4, 0.5) is 0 Å². The highest BCUT2D eigenvalue weighted by Crippen LogP contribution is 2.17. The second kappa shape index (κ2) is 11.7. The van der Waals surface area contributed by atoms with Gasteiger partial charge in [-0.05, 0) is 29.3 Å². The van der Waals surface area contributed by atoms with Gasteiger partial charge in [0.05, 0.1) is 11.1 Å². The van der Waals surface area contributed by atoms with E-state index in [0.717, 1.165) is 22.6 Å². The van der Waals surface area contributed by atoms with Crippen LogP contribution in [0.1, 0.15) is 70.2 Å². The van der Waals surface area contributed by atoms with E-state index in [-0.39, 0.29) is 6.10 Å². The van der Waals surface area contributed by atoms with E-state index in [4.69, 9.17) is 4.74 Å². The van der Waals surface area contributed by atoms with Gasteiger partial charge < -0.3 is 4.74 Å². The average Bonchev–Trinajstić information content (AvgIpc) is 2.82. The molecule has 0 aromatic carbocycles. The maximum Gasteiger partial charge on any atom is 0.117 e. The van der Waals surface area contributed by atoms with Crippen molar-refractivity contribution in [2.75, 3.05) is 6.61 Å².